The second kappa shape index (κ2) is 5.41. The van der Waals surface area contributed by atoms with E-state index in [-0.39, 0.29) is 6.61 Å². The molecule has 1 aromatic carbocycles. The minimum atomic E-state index is -4.66. The lowest BCUT2D eigenvalue weighted by Crippen LogP contribution is -2.04. The largest absolute Gasteiger partial charge is 0.458 e. The normalized spacial score (nSPS) is 11.6. The highest BCUT2D eigenvalue weighted by molar-refractivity contribution is 7.89. The summed E-state index contributed by atoms with van der Waals surface area (Å²) in [5, 5.41) is 0.339. The summed E-state index contributed by atoms with van der Waals surface area (Å²) in [6.07, 6.45) is 0.913. The second-order valence-corrected chi connectivity index (χ2v) is 4.04. The van der Waals surface area contributed by atoms with Gasteiger partial charge < -0.3 is 4.74 Å². The zero-order valence-corrected chi connectivity index (χ0v) is 8.98. The van der Waals surface area contributed by atoms with Gasteiger partial charge in [0, 0.05) is 0 Å². The topological polar surface area (TPSA) is 60.4 Å². The van der Waals surface area contributed by atoms with Gasteiger partial charge >= 0.3 is 16.2 Å². The van der Waals surface area contributed by atoms with Crippen molar-refractivity contribution in [1.82, 2.24) is 0 Å². The third kappa shape index (κ3) is 4.70. The lowest BCUT2D eigenvalue weighted by molar-refractivity contribution is 0.0549. The number of benzene rings is 1. The van der Waals surface area contributed by atoms with Crippen molar-refractivity contribution in [3.05, 3.63) is 47.4 Å². The lowest BCUT2D eigenvalue weighted by Gasteiger charge is -2.00. The van der Waals surface area contributed by atoms with E-state index in [4.69, 9.17) is 0 Å². The van der Waals surface area contributed by atoms with E-state index >= 15 is 0 Å². The van der Waals surface area contributed by atoms with E-state index < -0.39 is 16.2 Å². The predicted octanol–water partition coefficient (Wildman–Crippen LogP) is 1.66. The molecular formula is C10H9FO4S. The molecule has 0 saturated carbocycles. The van der Waals surface area contributed by atoms with Gasteiger partial charge in [0.15, 0.2) is 0 Å². The van der Waals surface area contributed by atoms with Gasteiger partial charge in [-0.05, 0) is 18.2 Å². The van der Waals surface area contributed by atoms with Crippen LogP contribution in [0.15, 0.2) is 41.8 Å². The SMILES string of the molecule is O=C(OC/C=C/S(=O)(=O)F)c1ccccc1. The maximum atomic E-state index is 12.0. The van der Waals surface area contributed by atoms with Crippen molar-refractivity contribution in [2.45, 2.75) is 0 Å². The van der Waals surface area contributed by atoms with Gasteiger partial charge in [-0.1, -0.05) is 18.2 Å². The van der Waals surface area contributed by atoms with Gasteiger partial charge in [0.2, 0.25) is 0 Å². The molecule has 1 rings (SSSR count). The highest BCUT2D eigenvalue weighted by atomic mass is 32.3. The summed E-state index contributed by atoms with van der Waals surface area (Å²) < 4.78 is 36.8. The van der Waals surface area contributed by atoms with Crippen LogP contribution in [0, 0.1) is 0 Å². The van der Waals surface area contributed by atoms with E-state index in [1.165, 1.54) is 0 Å². The molecule has 0 fully saturated rings. The molecule has 0 heterocycles. The van der Waals surface area contributed by atoms with Crippen LogP contribution in [0.3, 0.4) is 0 Å². The molecule has 0 saturated heterocycles. The van der Waals surface area contributed by atoms with Crippen molar-refractivity contribution >= 4 is 16.2 Å². The number of hydrogen-bond acceptors (Lipinski definition) is 4. The predicted molar refractivity (Wildman–Crippen MR) is 55.9 cm³/mol. The minimum absolute atomic E-state index is 0.295. The first kappa shape index (κ1) is 12.4. The number of halogens is 1. The fourth-order valence-corrected chi connectivity index (χ4v) is 1.24. The molecule has 0 spiro atoms. The number of ether oxygens (including phenoxy) is 1. The fraction of sp³-hybridized carbons (Fsp3) is 0.100. The standard InChI is InChI=1S/C10H9FO4S/c11-16(13,14)8-4-7-15-10(12)9-5-2-1-3-6-9/h1-6,8H,7H2/b8-4+. The molecule has 0 N–H and O–H groups in total. The van der Waals surface area contributed by atoms with Crippen LogP contribution in [-0.4, -0.2) is 21.0 Å². The third-order valence-corrected chi connectivity index (χ3v) is 2.10. The molecule has 0 aliphatic rings. The van der Waals surface area contributed by atoms with Crippen LogP contribution >= 0.6 is 0 Å². The van der Waals surface area contributed by atoms with E-state index in [2.05, 4.69) is 4.74 Å². The Hall–Kier alpha value is -1.69. The van der Waals surface area contributed by atoms with Crippen LogP contribution in [0.2, 0.25) is 0 Å². The van der Waals surface area contributed by atoms with E-state index in [0.29, 0.717) is 11.0 Å². The van der Waals surface area contributed by atoms with E-state index in [1.807, 2.05) is 0 Å². The number of hydrogen-bond donors (Lipinski definition) is 0. The minimum Gasteiger partial charge on any atom is -0.458 e. The van der Waals surface area contributed by atoms with Gasteiger partial charge in [-0.3, -0.25) is 0 Å². The first-order chi connectivity index (χ1) is 7.49. The van der Waals surface area contributed by atoms with Crippen molar-refractivity contribution < 1.29 is 21.8 Å². The summed E-state index contributed by atoms with van der Waals surface area (Å²) in [5.41, 5.74) is 0.346. The van der Waals surface area contributed by atoms with Crippen molar-refractivity contribution in [2.75, 3.05) is 6.61 Å². The molecule has 0 radical (unpaired) electrons. The molecule has 0 amide bonds. The van der Waals surface area contributed by atoms with Gasteiger partial charge in [-0.15, -0.1) is 3.89 Å². The number of esters is 1. The third-order valence-electron chi connectivity index (χ3n) is 1.58. The summed E-state index contributed by atoms with van der Waals surface area (Å²) in [7, 11) is -4.66. The van der Waals surface area contributed by atoms with Gasteiger partial charge in [0.25, 0.3) is 0 Å². The molecule has 0 unspecified atom stereocenters. The molecule has 86 valence electrons. The van der Waals surface area contributed by atoms with Crippen LogP contribution in [0.1, 0.15) is 10.4 Å². The Kier molecular flexibility index (Phi) is 4.19. The summed E-state index contributed by atoms with van der Waals surface area (Å²) in [4.78, 5) is 11.3. The summed E-state index contributed by atoms with van der Waals surface area (Å²) >= 11 is 0. The van der Waals surface area contributed by atoms with Gasteiger partial charge in [-0.25, -0.2) is 4.79 Å². The first-order valence-corrected chi connectivity index (χ1v) is 5.77. The van der Waals surface area contributed by atoms with E-state index in [9.17, 15) is 17.1 Å². The van der Waals surface area contributed by atoms with Crippen molar-refractivity contribution in [1.29, 1.82) is 0 Å². The molecule has 16 heavy (non-hydrogen) atoms. The average molecular weight is 244 g/mol. The molecule has 4 nitrogen and oxygen atoms in total. The monoisotopic (exact) mass is 244 g/mol. The average Bonchev–Trinajstić information content (AvgIpc) is 2.24. The molecule has 0 aliphatic heterocycles. The maximum absolute atomic E-state index is 12.0. The Bertz CT molecular complexity index is 479. The van der Waals surface area contributed by atoms with Gasteiger partial charge in [0.05, 0.1) is 11.0 Å². The molecule has 6 heteroatoms. The molecule has 0 aromatic heterocycles. The molecule has 0 aliphatic carbocycles. The summed E-state index contributed by atoms with van der Waals surface area (Å²) in [6.45, 7) is -0.295. The van der Waals surface area contributed by atoms with Gasteiger partial charge in [0.1, 0.15) is 6.61 Å². The van der Waals surface area contributed by atoms with Crippen LogP contribution in [0.25, 0.3) is 0 Å². The van der Waals surface area contributed by atoms with Crippen molar-refractivity contribution in [3.63, 3.8) is 0 Å². The van der Waals surface area contributed by atoms with Gasteiger partial charge in [-0.2, -0.15) is 8.42 Å². The van der Waals surface area contributed by atoms with Crippen LogP contribution in [-0.2, 0) is 15.0 Å². The zero-order chi connectivity index (χ0) is 12.0. The molecule has 1 aromatic rings. The maximum Gasteiger partial charge on any atom is 0.338 e. The number of carbonyl (C=O) groups excluding carboxylic acids is 1. The highest BCUT2D eigenvalue weighted by Crippen LogP contribution is 2.01. The fourth-order valence-electron chi connectivity index (χ4n) is 0.936. The molecular weight excluding hydrogens is 235 g/mol. The number of carbonyl (C=O) groups is 1. The summed E-state index contributed by atoms with van der Waals surface area (Å²) in [5.74, 6) is -0.596. The Morgan fingerprint density at radius 3 is 2.50 bits per heavy atom. The van der Waals surface area contributed by atoms with Crippen LogP contribution < -0.4 is 0 Å². The highest BCUT2D eigenvalue weighted by Gasteiger charge is 2.04. The van der Waals surface area contributed by atoms with Crippen molar-refractivity contribution in [2.24, 2.45) is 0 Å². The first-order valence-electron chi connectivity index (χ1n) is 4.32. The Balaban J connectivity index is 2.46. The zero-order valence-electron chi connectivity index (χ0n) is 8.17. The quantitative estimate of drug-likeness (QED) is 0.597. The van der Waals surface area contributed by atoms with E-state index in [1.54, 1.807) is 30.3 Å². The Labute approximate surface area is 92.6 Å². The van der Waals surface area contributed by atoms with Crippen LogP contribution in [0.5, 0.6) is 0 Å². The Morgan fingerprint density at radius 2 is 1.94 bits per heavy atom. The molecule has 0 bridgehead atoms. The number of rotatable bonds is 4. The Morgan fingerprint density at radius 1 is 1.31 bits per heavy atom. The molecule has 0 atom stereocenters. The van der Waals surface area contributed by atoms with Crippen molar-refractivity contribution in [3.8, 4) is 0 Å². The lowest BCUT2D eigenvalue weighted by atomic mass is 10.2. The summed E-state index contributed by atoms with van der Waals surface area (Å²) in [6, 6.07) is 8.18. The van der Waals surface area contributed by atoms with Crippen LogP contribution in [0.4, 0.5) is 3.89 Å². The smallest absolute Gasteiger partial charge is 0.338 e. The second-order valence-electron chi connectivity index (χ2n) is 2.81. The van der Waals surface area contributed by atoms with E-state index in [0.717, 1.165) is 6.08 Å².